The van der Waals surface area contributed by atoms with Crippen molar-refractivity contribution in [1.29, 1.82) is 0 Å². The van der Waals surface area contributed by atoms with Crippen LogP contribution in [0.25, 0.3) is 0 Å². The predicted molar refractivity (Wildman–Crippen MR) is 102 cm³/mol. The Balaban J connectivity index is 0.00000576. The van der Waals surface area contributed by atoms with Crippen molar-refractivity contribution in [3.8, 4) is 5.75 Å². The van der Waals surface area contributed by atoms with Crippen molar-refractivity contribution in [2.75, 3.05) is 38.6 Å². The summed E-state index contributed by atoms with van der Waals surface area (Å²) < 4.78 is 32.5. The van der Waals surface area contributed by atoms with Gasteiger partial charge >= 0.3 is 0 Å². The van der Waals surface area contributed by atoms with E-state index in [1.165, 1.54) is 10.4 Å². The number of rotatable bonds is 10. The van der Waals surface area contributed by atoms with Gasteiger partial charge in [0.15, 0.2) is 0 Å². The molecule has 0 saturated heterocycles. The minimum atomic E-state index is -3.68. The molecule has 0 heterocycles. The molecule has 0 aliphatic rings. The first-order valence-electron chi connectivity index (χ1n) is 8.12. The number of sulfonamides is 1. The second-order valence-electron chi connectivity index (χ2n) is 5.09. The van der Waals surface area contributed by atoms with Crippen molar-refractivity contribution in [3.05, 3.63) is 18.2 Å². The third-order valence-electron chi connectivity index (χ3n) is 3.45. The van der Waals surface area contributed by atoms with Crippen LogP contribution in [0.5, 0.6) is 5.75 Å². The van der Waals surface area contributed by atoms with Crippen LogP contribution in [-0.4, -0.2) is 51.9 Å². The van der Waals surface area contributed by atoms with Crippen molar-refractivity contribution in [3.63, 3.8) is 0 Å². The van der Waals surface area contributed by atoms with E-state index in [1.807, 2.05) is 0 Å². The number of hydrogen-bond donors (Lipinski definition) is 2. The van der Waals surface area contributed by atoms with Crippen molar-refractivity contribution < 1.29 is 17.9 Å². The number of carbonyl (C=O) groups is 1. The van der Waals surface area contributed by atoms with Crippen molar-refractivity contribution in [2.45, 2.75) is 32.1 Å². The molecule has 0 aromatic heterocycles. The van der Waals surface area contributed by atoms with E-state index < -0.39 is 10.0 Å². The molecule has 0 aliphatic carbocycles. The number of halogens is 1. The Morgan fingerprint density at radius 3 is 2.36 bits per heavy atom. The highest BCUT2D eigenvalue weighted by Crippen LogP contribution is 2.30. The Morgan fingerprint density at radius 1 is 1.20 bits per heavy atom. The fraction of sp³-hybridized carbons (Fsp3) is 0.562. The van der Waals surface area contributed by atoms with Gasteiger partial charge in [0.25, 0.3) is 0 Å². The van der Waals surface area contributed by atoms with E-state index in [9.17, 15) is 13.2 Å². The molecule has 0 bridgehead atoms. The molecular formula is C16H28ClN3O4S. The van der Waals surface area contributed by atoms with Crippen LogP contribution in [0, 0.1) is 0 Å². The van der Waals surface area contributed by atoms with Gasteiger partial charge < -0.3 is 15.4 Å². The lowest BCUT2D eigenvalue weighted by molar-refractivity contribution is -0.116. The fourth-order valence-electron chi connectivity index (χ4n) is 2.23. The maximum atomic E-state index is 12.8. The van der Waals surface area contributed by atoms with Crippen molar-refractivity contribution in [2.24, 2.45) is 0 Å². The van der Waals surface area contributed by atoms with Crippen LogP contribution in [0.4, 0.5) is 5.69 Å². The Hall–Kier alpha value is -1.35. The van der Waals surface area contributed by atoms with Gasteiger partial charge in [-0.05, 0) is 32.2 Å². The third-order valence-corrected chi connectivity index (χ3v) is 5.52. The zero-order valence-corrected chi connectivity index (χ0v) is 16.8. The first kappa shape index (κ1) is 23.6. The van der Waals surface area contributed by atoms with Gasteiger partial charge in [0.1, 0.15) is 10.6 Å². The summed E-state index contributed by atoms with van der Waals surface area (Å²) in [6.07, 6.45) is 0.307. The molecule has 0 aliphatic heterocycles. The van der Waals surface area contributed by atoms with Crippen LogP contribution < -0.4 is 15.4 Å². The maximum absolute atomic E-state index is 12.8. The highest BCUT2D eigenvalue weighted by atomic mass is 35.5. The van der Waals surface area contributed by atoms with Gasteiger partial charge in [-0.3, -0.25) is 4.79 Å². The van der Waals surface area contributed by atoms with Gasteiger partial charge in [-0.1, -0.05) is 13.8 Å². The molecule has 9 heteroatoms. The van der Waals surface area contributed by atoms with E-state index in [1.54, 1.807) is 40.0 Å². The molecule has 0 spiro atoms. The van der Waals surface area contributed by atoms with Crippen LogP contribution in [0.2, 0.25) is 0 Å². The first-order chi connectivity index (χ1) is 11.4. The standard InChI is InChI=1S/C16H27N3O4S.ClH/c1-5-19(6-2)24(21,22)15-12-13(8-9-14(15)23-7-3)18-16(20)10-11-17-4;/h8-9,12,17H,5-7,10-11H2,1-4H3,(H,18,20);1H. The number of ether oxygens (including phenoxy) is 1. The van der Waals surface area contributed by atoms with E-state index in [0.717, 1.165) is 0 Å². The quantitative estimate of drug-likeness (QED) is 0.635. The number of anilines is 1. The Kier molecular flexibility index (Phi) is 10.7. The molecule has 0 unspecified atom stereocenters. The second kappa shape index (κ2) is 11.3. The molecule has 0 radical (unpaired) electrons. The van der Waals surface area contributed by atoms with Crippen LogP contribution in [0.15, 0.2) is 23.1 Å². The van der Waals surface area contributed by atoms with Crippen LogP contribution in [0.1, 0.15) is 27.2 Å². The molecule has 0 fully saturated rings. The summed E-state index contributed by atoms with van der Waals surface area (Å²) in [5.41, 5.74) is 0.435. The van der Waals surface area contributed by atoms with E-state index in [2.05, 4.69) is 10.6 Å². The molecule has 144 valence electrons. The van der Waals surface area contributed by atoms with E-state index in [-0.39, 0.29) is 29.0 Å². The summed E-state index contributed by atoms with van der Waals surface area (Å²) in [5.74, 6) is 0.109. The summed E-state index contributed by atoms with van der Waals surface area (Å²) in [6, 6.07) is 4.67. The van der Waals surface area contributed by atoms with E-state index >= 15 is 0 Å². The zero-order chi connectivity index (χ0) is 18.2. The van der Waals surface area contributed by atoms with Gasteiger partial charge in [-0.2, -0.15) is 4.31 Å². The molecule has 1 aromatic carbocycles. The molecule has 1 amide bonds. The minimum Gasteiger partial charge on any atom is -0.492 e. The highest BCUT2D eigenvalue weighted by Gasteiger charge is 2.26. The SMILES string of the molecule is CCOc1ccc(NC(=O)CCNC)cc1S(=O)(=O)N(CC)CC.Cl. The normalized spacial score (nSPS) is 11.1. The Labute approximate surface area is 156 Å². The number of carbonyl (C=O) groups excluding carboxylic acids is 1. The Bertz CT molecular complexity index is 649. The minimum absolute atomic E-state index is 0. The van der Waals surface area contributed by atoms with Crippen molar-refractivity contribution in [1.82, 2.24) is 9.62 Å². The lowest BCUT2D eigenvalue weighted by atomic mass is 10.3. The average Bonchev–Trinajstić information content (AvgIpc) is 2.55. The summed E-state index contributed by atoms with van der Waals surface area (Å²) in [7, 11) is -1.92. The van der Waals surface area contributed by atoms with Crippen LogP contribution in [0.3, 0.4) is 0 Å². The highest BCUT2D eigenvalue weighted by molar-refractivity contribution is 7.89. The van der Waals surface area contributed by atoms with Gasteiger partial charge in [0.05, 0.1) is 6.61 Å². The topological polar surface area (TPSA) is 87.7 Å². The molecule has 1 aromatic rings. The summed E-state index contributed by atoms with van der Waals surface area (Å²) in [6.45, 7) is 6.99. The molecule has 0 atom stereocenters. The number of nitrogens with zero attached hydrogens (tertiary/aromatic N) is 1. The summed E-state index contributed by atoms with van der Waals surface area (Å²) in [5, 5.41) is 5.61. The van der Waals surface area contributed by atoms with Gasteiger partial charge in [0, 0.05) is 31.7 Å². The third kappa shape index (κ3) is 6.47. The number of hydrogen-bond acceptors (Lipinski definition) is 5. The van der Waals surface area contributed by atoms with E-state index in [0.29, 0.717) is 38.3 Å². The number of amides is 1. The Morgan fingerprint density at radius 2 is 1.84 bits per heavy atom. The van der Waals surface area contributed by atoms with Gasteiger partial charge in [-0.15, -0.1) is 12.4 Å². The molecule has 2 N–H and O–H groups in total. The fourth-order valence-corrected chi connectivity index (χ4v) is 3.84. The second-order valence-corrected chi connectivity index (χ2v) is 6.99. The average molecular weight is 394 g/mol. The molecule has 0 saturated carbocycles. The predicted octanol–water partition coefficient (Wildman–Crippen LogP) is 2.09. The van der Waals surface area contributed by atoms with Gasteiger partial charge in [-0.25, -0.2) is 8.42 Å². The molecule has 1 rings (SSSR count). The lowest BCUT2D eigenvalue weighted by Crippen LogP contribution is -2.31. The molecule has 7 nitrogen and oxygen atoms in total. The van der Waals surface area contributed by atoms with Crippen LogP contribution in [-0.2, 0) is 14.8 Å². The first-order valence-corrected chi connectivity index (χ1v) is 9.56. The lowest BCUT2D eigenvalue weighted by Gasteiger charge is -2.21. The summed E-state index contributed by atoms with van der Waals surface area (Å²) >= 11 is 0. The smallest absolute Gasteiger partial charge is 0.246 e. The van der Waals surface area contributed by atoms with Crippen LogP contribution >= 0.6 is 12.4 Å². The van der Waals surface area contributed by atoms with Crippen molar-refractivity contribution >= 4 is 34.0 Å². The maximum Gasteiger partial charge on any atom is 0.246 e. The van der Waals surface area contributed by atoms with E-state index in [4.69, 9.17) is 4.74 Å². The summed E-state index contributed by atoms with van der Waals surface area (Å²) in [4.78, 5) is 11.9. The molecule has 25 heavy (non-hydrogen) atoms. The monoisotopic (exact) mass is 393 g/mol. The zero-order valence-electron chi connectivity index (χ0n) is 15.2. The largest absolute Gasteiger partial charge is 0.492 e. The number of nitrogens with one attached hydrogen (secondary N) is 2. The molecular weight excluding hydrogens is 366 g/mol. The number of benzene rings is 1. The van der Waals surface area contributed by atoms with Gasteiger partial charge in [0.2, 0.25) is 15.9 Å².